The molecule has 1 amide bonds. The Morgan fingerprint density at radius 2 is 2.07 bits per heavy atom. The predicted molar refractivity (Wildman–Crippen MR) is 110 cm³/mol. The summed E-state index contributed by atoms with van der Waals surface area (Å²) in [6.45, 7) is 6.89. The molecule has 0 aliphatic carbocycles. The molecule has 2 aliphatic heterocycles. The zero-order valence-electron chi connectivity index (χ0n) is 16.5. The summed E-state index contributed by atoms with van der Waals surface area (Å²) in [7, 11) is 0. The maximum Gasteiger partial charge on any atom is 0.261 e. The Kier molecular flexibility index (Phi) is 5.71. The van der Waals surface area contributed by atoms with Gasteiger partial charge >= 0.3 is 0 Å². The van der Waals surface area contributed by atoms with E-state index in [4.69, 9.17) is 14.2 Å². The summed E-state index contributed by atoms with van der Waals surface area (Å²) in [6, 6.07) is 9.95. The van der Waals surface area contributed by atoms with E-state index in [0.29, 0.717) is 26.4 Å². The van der Waals surface area contributed by atoms with Gasteiger partial charge in [0.25, 0.3) is 5.91 Å². The lowest BCUT2D eigenvalue weighted by Gasteiger charge is -2.33. The van der Waals surface area contributed by atoms with Gasteiger partial charge in [0.1, 0.15) is 12.4 Å². The van der Waals surface area contributed by atoms with Crippen molar-refractivity contribution in [1.29, 1.82) is 0 Å². The topological polar surface area (TPSA) is 56.8 Å². The first kappa shape index (κ1) is 19.4. The normalized spacial score (nSPS) is 18.1. The van der Waals surface area contributed by atoms with Crippen LogP contribution in [0.25, 0.3) is 10.4 Å². The van der Waals surface area contributed by atoms with E-state index in [0.717, 1.165) is 45.9 Å². The molecule has 3 heterocycles. The Hall–Kier alpha value is -1.89. The van der Waals surface area contributed by atoms with E-state index < -0.39 is 0 Å². The summed E-state index contributed by atoms with van der Waals surface area (Å²) in [5, 5.41) is 3.07. The zero-order valence-corrected chi connectivity index (χ0v) is 17.3. The van der Waals surface area contributed by atoms with E-state index in [2.05, 4.69) is 19.2 Å². The number of ether oxygens (including phenoxy) is 3. The highest BCUT2D eigenvalue weighted by Crippen LogP contribution is 2.42. The van der Waals surface area contributed by atoms with Crippen molar-refractivity contribution in [3.63, 3.8) is 0 Å². The monoisotopic (exact) mass is 401 g/mol. The van der Waals surface area contributed by atoms with Crippen molar-refractivity contribution in [3.8, 4) is 16.2 Å². The number of amides is 1. The Morgan fingerprint density at radius 1 is 1.29 bits per heavy atom. The lowest BCUT2D eigenvalue weighted by molar-refractivity contribution is -0.131. The molecule has 1 fully saturated rings. The first-order chi connectivity index (χ1) is 13.6. The second-order valence-electron chi connectivity index (χ2n) is 7.69. The van der Waals surface area contributed by atoms with Crippen LogP contribution in [0, 0.1) is 5.41 Å². The number of benzene rings is 1. The highest BCUT2D eigenvalue weighted by Gasteiger charge is 2.36. The van der Waals surface area contributed by atoms with Crippen LogP contribution in [-0.2, 0) is 16.1 Å². The SMILES string of the molecule is CC[C@](C)(CCCNC(=O)c1cc2c(s1)-c1ccccc1OC2)C1OCCO1. The fourth-order valence-electron chi connectivity index (χ4n) is 3.81. The molecule has 1 saturated heterocycles. The van der Waals surface area contributed by atoms with Crippen LogP contribution in [-0.4, -0.2) is 32.0 Å². The van der Waals surface area contributed by atoms with E-state index >= 15 is 0 Å². The van der Waals surface area contributed by atoms with Gasteiger partial charge in [0, 0.05) is 28.0 Å². The van der Waals surface area contributed by atoms with Crippen LogP contribution in [0.5, 0.6) is 5.75 Å². The summed E-state index contributed by atoms with van der Waals surface area (Å²) in [4.78, 5) is 14.5. The first-order valence-corrected chi connectivity index (χ1v) is 10.8. The lowest BCUT2D eigenvalue weighted by atomic mass is 9.82. The van der Waals surface area contributed by atoms with E-state index in [1.165, 1.54) is 0 Å². The third-order valence-corrected chi connectivity index (χ3v) is 6.97. The average Bonchev–Trinajstić information content (AvgIpc) is 3.41. The van der Waals surface area contributed by atoms with Crippen LogP contribution >= 0.6 is 11.3 Å². The third-order valence-electron chi connectivity index (χ3n) is 5.76. The van der Waals surface area contributed by atoms with Crippen molar-refractivity contribution < 1.29 is 19.0 Å². The molecule has 4 rings (SSSR count). The van der Waals surface area contributed by atoms with Crippen LogP contribution < -0.4 is 10.1 Å². The van der Waals surface area contributed by atoms with Crippen molar-refractivity contribution in [2.24, 2.45) is 5.41 Å². The van der Waals surface area contributed by atoms with Crippen LogP contribution in [0.1, 0.15) is 48.3 Å². The molecule has 1 aromatic carbocycles. The van der Waals surface area contributed by atoms with Gasteiger partial charge in [0.15, 0.2) is 6.29 Å². The second kappa shape index (κ2) is 8.23. The molecule has 1 atom stereocenters. The summed E-state index contributed by atoms with van der Waals surface area (Å²) in [6.07, 6.45) is 2.72. The Morgan fingerprint density at radius 3 is 2.86 bits per heavy atom. The molecule has 0 saturated carbocycles. The number of carbonyl (C=O) groups is 1. The molecule has 0 unspecified atom stereocenters. The van der Waals surface area contributed by atoms with Crippen molar-refractivity contribution >= 4 is 17.2 Å². The Labute approximate surface area is 170 Å². The summed E-state index contributed by atoms with van der Waals surface area (Å²) < 4.78 is 17.2. The highest BCUT2D eigenvalue weighted by atomic mass is 32.1. The molecule has 150 valence electrons. The van der Waals surface area contributed by atoms with Crippen molar-refractivity contribution in [2.75, 3.05) is 19.8 Å². The molecular formula is C22H27NO4S. The maximum atomic E-state index is 12.6. The minimum Gasteiger partial charge on any atom is -0.488 e. The van der Waals surface area contributed by atoms with Gasteiger partial charge in [-0.3, -0.25) is 4.79 Å². The number of thiophene rings is 1. The second-order valence-corrected chi connectivity index (χ2v) is 8.74. The van der Waals surface area contributed by atoms with E-state index in [9.17, 15) is 4.79 Å². The molecular weight excluding hydrogens is 374 g/mol. The van der Waals surface area contributed by atoms with Gasteiger partial charge in [-0.1, -0.05) is 26.0 Å². The van der Waals surface area contributed by atoms with E-state index in [-0.39, 0.29) is 17.6 Å². The van der Waals surface area contributed by atoms with Gasteiger partial charge in [-0.05, 0) is 37.5 Å². The number of rotatable bonds is 7. The third kappa shape index (κ3) is 3.81. The minimum atomic E-state index is -0.128. The number of hydrogen-bond donors (Lipinski definition) is 1. The van der Waals surface area contributed by atoms with Gasteiger partial charge < -0.3 is 19.5 Å². The molecule has 28 heavy (non-hydrogen) atoms. The number of fused-ring (bicyclic) bond motifs is 3. The molecule has 5 nitrogen and oxygen atoms in total. The highest BCUT2D eigenvalue weighted by molar-refractivity contribution is 7.17. The van der Waals surface area contributed by atoms with Crippen LogP contribution in [0.15, 0.2) is 30.3 Å². The molecule has 0 radical (unpaired) electrons. The van der Waals surface area contributed by atoms with Gasteiger partial charge in [-0.2, -0.15) is 0 Å². The first-order valence-electron chi connectivity index (χ1n) is 9.97. The summed E-state index contributed by atoms with van der Waals surface area (Å²) >= 11 is 1.54. The standard InChI is InChI=1S/C22H27NO4S/c1-3-22(2,21-25-11-12-26-21)9-6-10-23-20(24)18-13-15-14-27-17-8-5-4-7-16(17)19(15)28-18/h4-5,7-8,13,21H,3,6,9-12,14H2,1-2H3,(H,23,24)/t22-/m1/s1. The van der Waals surface area contributed by atoms with Crippen molar-refractivity contribution in [1.82, 2.24) is 5.32 Å². The van der Waals surface area contributed by atoms with Gasteiger partial charge in [-0.15, -0.1) is 11.3 Å². The van der Waals surface area contributed by atoms with Crippen LogP contribution in [0.4, 0.5) is 0 Å². The molecule has 0 bridgehead atoms. The fourth-order valence-corrected chi connectivity index (χ4v) is 4.93. The van der Waals surface area contributed by atoms with Gasteiger partial charge in [0.2, 0.25) is 0 Å². The number of nitrogens with one attached hydrogen (secondary N) is 1. The predicted octanol–water partition coefficient (Wildman–Crippen LogP) is 4.61. The quantitative estimate of drug-likeness (QED) is 0.689. The Bertz CT molecular complexity index is 843. The molecule has 2 aliphatic rings. The number of hydrogen-bond acceptors (Lipinski definition) is 5. The zero-order chi connectivity index (χ0) is 19.6. The fraction of sp³-hybridized carbons (Fsp3) is 0.500. The van der Waals surface area contributed by atoms with Crippen molar-refractivity contribution in [2.45, 2.75) is 46.0 Å². The number of para-hydroxylation sites is 1. The molecule has 0 spiro atoms. The van der Waals surface area contributed by atoms with E-state index in [1.807, 2.05) is 30.3 Å². The van der Waals surface area contributed by atoms with Crippen LogP contribution in [0.3, 0.4) is 0 Å². The van der Waals surface area contributed by atoms with E-state index in [1.54, 1.807) is 11.3 Å². The Balaban J connectivity index is 1.33. The molecule has 2 aromatic rings. The largest absolute Gasteiger partial charge is 0.488 e. The number of carbonyl (C=O) groups excluding carboxylic acids is 1. The van der Waals surface area contributed by atoms with Crippen LogP contribution in [0.2, 0.25) is 0 Å². The minimum absolute atomic E-state index is 0.00962. The molecule has 6 heteroatoms. The van der Waals surface area contributed by atoms with Gasteiger partial charge in [0.05, 0.1) is 18.1 Å². The van der Waals surface area contributed by atoms with Crippen molar-refractivity contribution in [3.05, 3.63) is 40.8 Å². The maximum absolute atomic E-state index is 12.6. The summed E-state index contributed by atoms with van der Waals surface area (Å²) in [5.74, 6) is 0.877. The average molecular weight is 402 g/mol. The smallest absolute Gasteiger partial charge is 0.261 e. The van der Waals surface area contributed by atoms with Gasteiger partial charge in [-0.25, -0.2) is 0 Å². The molecule has 1 aromatic heterocycles. The lowest BCUT2D eigenvalue weighted by Crippen LogP contribution is -2.34. The summed E-state index contributed by atoms with van der Waals surface area (Å²) in [5.41, 5.74) is 2.15. The molecule has 1 N–H and O–H groups in total.